The second-order valence-corrected chi connectivity index (χ2v) is 1.69. The van der Waals surface area contributed by atoms with E-state index in [-0.39, 0.29) is 0 Å². The van der Waals surface area contributed by atoms with E-state index in [1.54, 1.807) is 0 Å². The van der Waals surface area contributed by atoms with E-state index in [9.17, 15) is 13.2 Å². The van der Waals surface area contributed by atoms with E-state index in [4.69, 9.17) is 0 Å². The van der Waals surface area contributed by atoms with Crippen molar-refractivity contribution in [3.8, 4) is 0 Å². The summed E-state index contributed by atoms with van der Waals surface area (Å²) in [7, 11) is 0. The molecule has 0 heterocycles. The molecule has 45 valence electrons. The Kier molecular flexibility index (Phi) is 1.27. The summed E-state index contributed by atoms with van der Waals surface area (Å²) in [6.45, 7) is 0. The average molecular weight is 121 g/mol. The van der Waals surface area contributed by atoms with Gasteiger partial charge < -0.3 is 0 Å². The highest BCUT2D eigenvalue weighted by atomic mass is 19.3. The van der Waals surface area contributed by atoms with E-state index in [1.807, 2.05) is 0 Å². The van der Waals surface area contributed by atoms with Gasteiger partial charge in [-0.2, -0.15) is 8.78 Å². The van der Waals surface area contributed by atoms with E-state index >= 15 is 0 Å². The lowest BCUT2D eigenvalue weighted by Gasteiger charge is -1.84. The van der Waals surface area contributed by atoms with Crippen molar-refractivity contribution in [2.24, 2.45) is 5.92 Å². The van der Waals surface area contributed by atoms with Crippen LogP contribution in [0.1, 0.15) is 6.42 Å². The first-order valence-corrected chi connectivity index (χ1v) is 2.26. The summed E-state index contributed by atoms with van der Waals surface area (Å²) in [5, 5.41) is 0. The van der Waals surface area contributed by atoms with E-state index in [2.05, 4.69) is 0 Å². The van der Waals surface area contributed by atoms with Gasteiger partial charge in [0.2, 0.25) is 0 Å². The fourth-order valence-electron chi connectivity index (χ4n) is 0.415. The smallest absolute Gasteiger partial charge is 0.206 e. The molecule has 1 atom stereocenters. The second kappa shape index (κ2) is 1.80. The third kappa shape index (κ3) is 1.02. The van der Waals surface area contributed by atoms with Crippen LogP contribution in [-0.4, -0.2) is 0 Å². The van der Waals surface area contributed by atoms with Gasteiger partial charge in [0.25, 0.3) is 0 Å². The molecule has 0 aromatic carbocycles. The minimum absolute atomic E-state index is 0.461. The van der Waals surface area contributed by atoms with Gasteiger partial charge in [0.1, 0.15) is 0 Å². The first kappa shape index (κ1) is 5.66. The van der Waals surface area contributed by atoms with E-state index in [0.717, 1.165) is 0 Å². The van der Waals surface area contributed by atoms with Crippen LogP contribution in [0.3, 0.4) is 0 Å². The third-order valence-electron chi connectivity index (χ3n) is 0.977. The standard InChI is InChI=1S/C5H4F3/c6-4(5(7)8)3-1-2-3/h1,3H,2H2. The summed E-state index contributed by atoms with van der Waals surface area (Å²) in [6, 6.07) is 0. The Balaban J connectivity index is 2.54. The summed E-state index contributed by atoms with van der Waals surface area (Å²) in [4.78, 5) is 0. The highest BCUT2D eigenvalue weighted by molar-refractivity contribution is 5.14. The summed E-state index contributed by atoms with van der Waals surface area (Å²) in [6.07, 6.45) is -0.221. The summed E-state index contributed by atoms with van der Waals surface area (Å²) < 4.78 is 34.2. The molecule has 0 N–H and O–H groups in total. The number of halogens is 3. The van der Waals surface area contributed by atoms with Gasteiger partial charge in [-0.05, 0) is 12.8 Å². The van der Waals surface area contributed by atoms with Crippen molar-refractivity contribution in [2.45, 2.75) is 6.42 Å². The highest BCUT2D eigenvalue weighted by Gasteiger charge is 2.30. The van der Waals surface area contributed by atoms with Gasteiger partial charge in [0.05, 0.1) is 0 Å². The average Bonchev–Trinajstić information content (AvgIpc) is 2.43. The Hall–Kier alpha value is -0.470. The number of hydrogen-bond acceptors (Lipinski definition) is 0. The third-order valence-corrected chi connectivity index (χ3v) is 0.977. The normalized spacial score (nSPS) is 18.4. The lowest BCUT2D eigenvalue weighted by Crippen LogP contribution is -1.75. The van der Waals surface area contributed by atoms with E-state index in [0.29, 0.717) is 6.42 Å². The van der Waals surface area contributed by atoms with Crippen LogP contribution in [0.15, 0.2) is 11.9 Å². The van der Waals surface area contributed by atoms with Gasteiger partial charge in [-0.3, -0.25) is 0 Å². The molecule has 1 radical (unpaired) electrons. The summed E-state index contributed by atoms with van der Waals surface area (Å²) >= 11 is 0. The first-order valence-electron chi connectivity index (χ1n) is 2.26. The van der Waals surface area contributed by atoms with Crippen LogP contribution >= 0.6 is 0 Å². The van der Waals surface area contributed by atoms with Crippen molar-refractivity contribution < 1.29 is 13.2 Å². The van der Waals surface area contributed by atoms with Crippen LogP contribution in [0.5, 0.6) is 0 Å². The molecule has 1 saturated carbocycles. The van der Waals surface area contributed by atoms with Crippen LogP contribution in [0, 0.1) is 12.3 Å². The summed E-state index contributed by atoms with van der Waals surface area (Å²) in [5.74, 6) is -1.83. The molecule has 1 rings (SSSR count). The number of rotatable bonds is 1. The Bertz CT molecular complexity index is 120. The van der Waals surface area contributed by atoms with Crippen molar-refractivity contribution in [1.82, 2.24) is 0 Å². The Morgan fingerprint density at radius 1 is 1.38 bits per heavy atom. The highest BCUT2D eigenvalue weighted by Crippen LogP contribution is 2.37. The van der Waals surface area contributed by atoms with Gasteiger partial charge in [-0.15, -0.1) is 0 Å². The number of hydrogen-bond donors (Lipinski definition) is 0. The SMILES string of the molecule is FC(F)=C(F)C1[CH]C1. The fraction of sp³-hybridized carbons (Fsp3) is 0.400. The Morgan fingerprint density at radius 2 is 1.88 bits per heavy atom. The van der Waals surface area contributed by atoms with Gasteiger partial charge in [0, 0.05) is 5.92 Å². The zero-order valence-corrected chi connectivity index (χ0v) is 4.00. The fourth-order valence-corrected chi connectivity index (χ4v) is 0.415. The zero-order valence-electron chi connectivity index (χ0n) is 4.00. The molecule has 0 aliphatic heterocycles. The van der Waals surface area contributed by atoms with Crippen LogP contribution in [0.4, 0.5) is 13.2 Å². The Labute approximate surface area is 45.0 Å². The molecule has 1 aliphatic rings. The molecule has 1 aliphatic carbocycles. The topological polar surface area (TPSA) is 0 Å². The predicted octanol–water partition coefficient (Wildman–Crippen LogP) is 2.29. The minimum atomic E-state index is -2.18. The van der Waals surface area contributed by atoms with Crippen molar-refractivity contribution in [2.75, 3.05) is 0 Å². The minimum Gasteiger partial charge on any atom is -0.206 e. The molecule has 1 fully saturated rings. The number of allylic oxidation sites excluding steroid dienone is 1. The maximum Gasteiger partial charge on any atom is 0.301 e. The lowest BCUT2D eigenvalue weighted by molar-refractivity contribution is 0.368. The maximum atomic E-state index is 11.8. The molecule has 0 spiro atoms. The molecular weight excluding hydrogens is 117 g/mol. The molecule has 3 heteroatoms. The maximum absolute atomic E-state index is 11.8. The van der Waals surface area contributed by atoms with Crippen molar-refractivity contribution >= 4 is 0 Å². The van der Waals surface area contributed by atoms with Gasteiger partial charge >= 0.3 is 6.08 Å². The van der Waals surface area contributed by atoms with Gasteiger partial charge in [0.15, 0.2) is 5.83 Å². The molecule has 0 aromatic rings. The van der Waals surface area contributed by atoms with Crippen molar-refractivity contribution in [1.29, 1.82) is 0 Å². The molecular formula is C5H4F3. The van der Waals surface area contributed by atoms with Crippen LogP contribution in [0.2, 0.25) is 0 Å². The molecule has 0 amide bonds. The molecule has 1 unspecified atom stereocenters. The van der Waals surface area contributed by atoms with Crippen molar-refractivity contribution in [3.63, 3.8) is 0 Å². The first-order chi connectivity index (χ1) is 3.72. The van der Waals surface area contributed by atoms with Crippen LogP contribution < -0.4 is 0 Å². The second-order valence-electron chi connectivity index (χ2n) is 1.69. The predicted molar refractivity (Wildman–Crippen MR) is 22.8 cm³/mol. The molecule has 0 nitrogen and oxygen atoms in total. The van der Waals surface area contributed by atoms with Gasteiger partial charge in [-0.25, -0.2) is 4.39 Å². The zero-order chi connectivity index (χ0) is 6.15. The largest absolute Gasteiger partial charge is 0.301 e. The van der Waals surface area contributed by atoms with Gasteiger partial charge in [-0.1, -0.05) is 0 Å². The van der Waals surface area contributed by atoms with E-state index < -0.39 is 17.8 Å². The van der Waals surface area contributed by atoms with Crippen LogP contribution in [0.25, 0.3) is 0 Å². The Morgan fingerprint density at radius 3 is 2.00 bits per heavy atom. The van der Waals surface area contributed by atoms with Crippen LogP contribution in [-0.2, 0) is 0 Å². The van der Waals surface area contributed by atoms with E-state index in [1.165, 1.54) is 6.42 Å². The quantitative estimate of drug-likeness (QED) is 0.499. The lowest BCUT2D eigenvalue weighted by atomic mass is 10.4. The molecule has 0 aromatic heterocycles. The molecule has 8 heavy (non-hydrogen) atoms. The monoisotopic (exact) mass is 121 g/mol. The molecule has 0 bridgehead atoms. The molecule has 0 saturated heterocycles. The summed E-state index contributed by atoms with van der Waals surface area (Å²) in [5.41, 5.74) is 0. The van der Waals surface area contributed by atoms with Crippen molar-refractivity contribution in [3.05, 3.63) is 18.3 Å².